The quantitative estimate of drug-likeness (QED) is 0.826. The number of hydrogen-bond acceptors (Lipinski definition) is 1. The predicted octanol–water partition coefficient (Wildman–Crippen LogP) is 4.08. The zero-order valence-corrected chi connectivity index (χ0v) is 11.4. The molecule has 17 heavy (non-hydrogen) atoms. The van der Waals surface area contributed by atoms with Crippen LogP contribution in [0.2, 0.25) is 0 Å². The van der Waals surface area contributed by atoms with Gasteiger partial charge in [-0.2, -0.15) is 0 Å². The van der Waals surface area contributed by atoms with E-state index >= 15 is 0 Å². The highest BCUT2D eigenvalue weighted by atomic mass is 14.9. The molecule has 0 aliphatic heterocycles. The standard InChI is InChI=1S/C16H25N/c1-12-7-9-14(10-8-12)16(17-3)15-6-4-5-13(2)11-15/h7-10,13,15-17H,4-6,11H2,1-3H3. The van der Waals surface area contributed by atoms with Gasteiger partial charge in [-0.05, 0) is 44.2 Å². The van der Waals surface area contributed by atoms with E-state index in [1.54, 1.807) is 0 Å². The summed E-state index contributed by atoms with van der Waals surface area (Å²) in [6, 6.07) is 9.57. The molecule has 1 N–H and O–H groups in total. The normalized spacial score (nSPS) is 26.8. The summed E-state index contributed by atoms with van der Waals surface area (Å²) >= 11 is 0. The fourth-order valence-corrected chi connectivity index (χ4v) is 3.23. The van der Waals surface area contributed by atoms with Crippen molar-refractivity contribution in [2.24, 2.45) is 11.8 Å². The van der Waals surface area contributed by atoms with Crippen molar-refractivity contribution in [3.8, 4) is 0 Å². The summed E-state index contributed by atoms with van der Waals surface area (Å²) in [5.74, 6) is 1.71. The summed E-state index contributed by atoms with van der Waals surface area (Å²) in [6.07, 6.45) is 5.57. The lowest BCUT2D eigenvalue weighted by Crippen LogP contribution is -2.28. The van der Waals surface area contributed by atoms with Crippen LogP contribution in [0.15, 0.2) is 24.3 Å². The van der Waals surface area contributed by atoms with Gasteiger partial charge in [0, 0.05) is 6.04 Å². The molecule has 1 aromatic carbocycles. The van der Waals surface area contributed by atoms with E-state index < -0.39 is 0 Å². The van der Waals surface area contributed by atoms with Gasteiger partial charge in [0.15, 0.2) is 0 Å². The molecular weight excluding hydrogens is 206 g/mol. The van der Waals surface area contributed by atoms with Crippen LogP contribution in [0.1, 0.15) is 49.8 Å². The third kappa shape index (κ3) is 3.10. The maximum Gasteiger partial charge on any atom is 0.0346 e. The van der Waals surface area contributed by atoms with Gasteiger partial charge in [0.2, 0.25) is 0 Å². The minimum atomic E-state index is 0.540. The van der Waals surface area contributed by atoms with E-state index in [4.69, 9.17) is 0 Å². The van der Waals surface area contributed by atoms with E-state index in [0.29, 0.717) is 6.04 Å². The topological polar surface area (TPSA) is 12.0 Å². The average molecular weight is 231 g/mol. The lowest BCUT2D eigenvalue weighted by atomic mass is 9.76. The van der Waals surface area contributed by atoms with Crippen LogP contribution in [0.25, 0.3) is 0 Å². The second-order valence-electron chi connectivity index (χ2n) is 5.71. The van der Waals surface area contributed by atoms with Crippen molar-refractivity contribution >= 4 is 0 Å². The van der Waals surface area contributed by atoms with Crippen molar-refractivity contribution in [1.82, 2.24) is 5.32 Å². The van der Waals surface area contributed by atoms with Gasteiger partial charge in [-0.1, -0.05) is 49.6 Å². The number of rotatable bonds is 3. The molecule has 94 valence electrons. The molecule has 0 amide bonds. The summed E-state index contributed by atoms with van der Waals surface area (Å²) in [5.41, 5.74) is 2.80. The Morgan fingerprint density at radius 3 is 2.47 bits per heavy atom. The molecule has 0 radical (unpaired) electrons. The highest BCUT2D eigenvalue weighted by molar-refractivity contribution is 5.24. The molecule has 1 fully saturated rings. The zero-order chi connectivity index (χ0) is 12.3. The minimum absolute atomic E-state index is 0.540. The second kappa shape index (κ2) is 5.68. The van der Waals surface area contributed by atoms with Crippen molar-refractivity contribution in [3.05, 3.63) is 35.4 Å². The van der Waals surface area contributed by atoms with Crippen molar-refractivity contribution < 1.29 is 0 Å². The van der Waals surface area contributed by atoms with Crippen molar-refractivity contribution in [2.45, 2.75) is 45.6 Å². The van der Waals surface area contributed by atoms with Crippen molar-refractivity contribution in [1.29, 1.82) is 0 Å². The highest BCUT2D eigenvalue weighted by Gasteiger charge is 2.26. The number of benzene rings is 1. The molecule has 3 atom stereocenters. The Kier molecular flexibility index (Phi) is 4.22. The van der Waals surface area contributed by atoms with Gasteiger partial charge < -0.3 is 5.32 Å². The van der Waals surface area contributed by atoms with Crippen LogP contribution in [-0.2, 0) is 0 Å². The Bertz CT molecular complexity index is 341. The van der Waals surface area contributed by atoms with Gasteiger partial charge in [-0.25, -0.2) is 0 Å². The molecule has 0 heterocycles. The van der Waals surface area contributed by atoms with Crippen LogP contribution in [0.5, 0.6) is 0 Å². The van der Waals surface area contributed by atoms with Crippen LogP contribution in [-0.4, -0.2) is 7.05 Å². The number of nitrogens with one attached hydrogen (secondary N) is 1. The van der Waals surface area contributed by atoms with Gasteiger partial charge in [0.1, 0.15) is 0 Å². The molecular formula is C16H25N. The molecule has 2 rings (SSSR count). The zero-order valence-electron chi connectivity index (χ0n) is 11.4. The number of aryl methyl sites for hydroxylation is 1. The van der Waals surface area contributed by atoms with Crippen LogP contribution >= 0.6 is 0 Å². The van der Waals surface area contributed by atoms with Gasteiger partial charge >= 0.3 is 0 Å². The van der Waals surface area contributed by atoms with Crippen LogP contribution in [0.4, 0.5) is 0 Å². The maximum atomic E-state index is 3.53. The van der Waals surface area contributed by atoms with E-state index in [1.165, 1.54) is 36.8 Å². The molecule has 0 bridgehead atoms. The van der Waals surface area contributed by atoms with Crippen molar-refractivity contribution in [2.75, 3.05) is 7.05 Å². The first-order valence-corrected chi connectivity index (χ1v) is 6.94. The molecule has 0 spiro atoms. The lowest BCUT2D eigenvalue weighted by Gasteiger charge is -2.33. The summed E-state index contributed by atoms with van der Waals surface area (Å²) in [5, 5.41) is 3.53. The SMILES string of the molecule is CNC(c1ccc(C)cc1)C1CCCC(C)C1. The Morgan fingerprint density at radius 1 is 1.18 bits per heavy atom. The largest absolute Gasteiger partial charge is 0.313 e. The van der Waals surface area contributed by atoms with E-state index in [2.05, 4.69) is 50.5 Å². The first kappa shape index (κ1) is 12.6. The van der Waals surface area contributed by atoms with Crippen molar-refractivity contribution in [3.63, 3.8) is 0 Å². The van der Waals surface area contributed by atoms with E-state index in [-0.39, 0.29) is 0 Å². The third-order valence-corrected chi connectivity index (χ3v) is 4.20. The first-order chi connectivity index (χ1) is 8.20. The highest BCUT2D eigenvalue weighted by Crippen LogP contribution is 2.36. The molecule has 1 nitrogen and oxygen atoms in total. The lowest BCUT2D eigenvalue weighted by molar-refractivity contribution is 0.230. The molecule has 1 saturated carbocycles. The van der Waals surface area contributed by atoms with E-state index in [1.807, 2.05) is 0 Å². The van der Waals surface area contributed by atoms with Crippen LogP contribution in [0, 0.1) is 18.8 Å². The summed E-state index contributed by atoms with van der Waals surface area (Å²) in [6.45, 7) is 4.55. The Balaban J connectivity index is 2.12. The molecule has 1 heteroatoms. The number of hydrogen-bond donors (Lipinski definition) is 1. The maximum absolute atomic E-state index is 3.53. The Hall–Kier alpha value is -0.820. The van der Waals surface area contributed by atoms with Gasteiger partial charge in [0.05, 0.1) is 0 Å². The van der Waals surface area contributed by atoms with Crippen LogP contribution in [0.3, 0.4) is 0 Å². The minimum Gasteiger partial charge on any atom is -0.313 e. The average Bonchev–Trinajstić information content (AvgIpc) is 2.33. The molecule has 1 aliphatic carbocycles. The van der Waals surface area contributed by atoms with E-state index in [9.17, 15) is 0 Å². The third-order valence-electron chi connectivity index (χ3n) is 4.20. The molecule has 1 aliphatic rings. The molecule has 0 saturated heterocycles. The monoisotopic (exact) mass is 231 g/mol. The molecule has 0 aromatic heterocycles. The smallest absolute Gasteiger partial charge is 0.0346 e. The first-order valence-electron chi connectivity index (χ1n) is 6.94. The fraction of sp³-hybridized carbons (Fsp3) is 0.625. The van der Waals surface area contributed by atoms with Crippen LogP contribution < -0.4 is 5.32 Å². The molecule has 1 aromatic rings. The van der Waals surface area contributed by atoms with E-state index in [0.717, 1.165) is 11.8 Å². The van der Waals surface area contributed by atoms with Gasteiger partial charge in [-0.15, -0.1) is 0 Å². The summed E-state index contributed by atoms with van der Waals surface area (Å²) in [4.78, 5) is 0. The Morgan fingerprint density at radius 2 is 1.88 bits per heavy atom. The summed E-state index contributed by atoms with van der Waals surface area (Å²) in [7, 11) is 2.10. The summed E-state index contributed by atoms with van der Waals surface area (Å²) < 4.78 is 0. The van der Waals surface area contributed by atoms with Gasteiger partial charge in [-0.3, -0.25) is 0 Å². The molecule has 3 unspecified atom stereocenters. The second-order valence-corrected chi connectivity index (χ2v) is 5.71. The predicted molar refractivity (Wildman–Crippen MR) is 74.1 cm³/mol. The fourth-order valence-electron chi connectivity index (χ4n) is 3.23. The Labute approximate surface area is 106 Å². The van der Waals surface area contributed by atoms with Gasteiger partial charge in [0.25, 0.3) is 0 Å².